The fourth-order valence-electron chi connectivity index (χ4n) is 0.928. The van der Waals surface area contributed by atoms with Crippen molar-refractivity contribution in [1.82, 2.24) is 0 Å². The van der Waals surface area contributed by atoms with Gasteiger partial charge in [-0.15, -0.1) is 12.4 Å². The van der Waals surface area contributed by atoms with E-state index in [4.69, 9.17) is 15.6 Å². The van der Waals surface area contributed by atoms with Gasteiger partial charge in [-0.2, -0.15) is 0 Å². The maximum atomic E-state index is 8.98. The van der Waals surface area contributed by atoms with Crippen LogP contribution in [0.1, 0.15) is 18.7 Å². The highest BCUT2D eigenvalue weighted by Crippen LogP contribution is 2.14. The van der Waals surface area contributed by atoms with Gasteiger partial charge in [0.15, 0.2) is 0 Å². The number of benzene rings is 1. The average Bonchev–Trinajstić information content (AvgIpc) is 2.06. The number of nitrogens with two attached hydrogens (primary N) is 1. The fourth-order valence-corrected chi connectivity index (χ4v) is 0.928. The summed E-state index contributed by atoms with van der Waals surface area (Å²) in [5.41, 5.74) is 5.95. The van der Waals surface area contributed by atoms with Crippen LogP contribution in [0.25, 0.3) is 0 Å². The van der Waals surface area contributed by atoms with Crippen LogP contribution in [0.5, 0.6) is 5.75 Å². The molecule has 3 nitrogen and oxygen atoms in total. The number of ether oxygens (including phenoxy) is 1. The van der Waals surface area contributed by atoms with Crippen LogP contribution in [0, 0.1) is 0 Å². The number of aliphatic hydroxyl groups excluding tert-OH is 1. The van der Waals surface area contributed by atoms with Gasteiger partial charge in [-0.3, -0.25) is 0 Å². The first kappa shape index (κ1) is 12.2. The predicted molar refractivity (Wildman–Crippen MR) is 54.0 cm³/mol. The summed E-state index contributed by atoms with van der Waals surface area (Å²) in [5.74, 6) is 0.793. The number of hydrogen-bond donors (Lipinski definition) is 2. The Morgan fingerprint density at radius 3 is 2.31 bits per heavy atom. The molecule has 4 heteroatoms. The van der Waals surface area contributed by atoms with E-state index in [1.807, 2.05) is 6.92 Å². The van der Waals surface area contributed by atoms with Crippen LogP contribution in [0.2, 0.25) is 0 Å². The molecule has 1 rings (SSSR count). The van der Waals surface area contributed by atoms with Crippen LogP contribution in [0.3, 0.4) is 0 Å². The highest BCUT2D eigenvalue weighted by atomic mass is 35.5. The van der Waals surface area contributed by atoms with E-state index in [9.17, 15) is 0 Å². The molecule has 0 amide bonds. The van der Waals surface area contributed by atoms with Crippen LogP contribution in [-0.4, -0.2) is 11.7 Å². The lowest BCUT2D eigenvalue weighted by Gasteiger charge is -2.06. The smallest absolute Gasteiger partial charge is 0.128 e. The molecule has 0 heterocycles. The minimum Gasteiger partial charge on any atom is -0.494 e. The highest BCUT2D eigenvalue weighted by molar-refractivity contribution is 5.85. The van der Waals surface area contributed by atoms with Crippen molar-refractivity contribution in [3.8, 4) is 5.75 Å². The van der Waals surface area contributed by atoms with Gasteiger partial charge in [-0.1, -0.05) is 12.1 Å². The van der Waals surface area contributed by atoms with Crippen molar-refractivity contribution >= 4 is 12.4 Å². The third kappa shape index (κ3) is 3.63. The topological polar surface area (TPSA) is 55.5 Å². The molecular formula is C9H14ClNO2. The van der Waals surface area contributed by atoms with E-state index in [2.05, 4.69) is 0 Å². The molecule has 0 aromatic heterocycles. The zero-order valence-corrected chi connectivity index (χ0v) is 8.25. The van der Waals surface area contributed by atoms with Gasteiger partial charge >= 0.3 is 0 Å². The molecule has 13 heavy (non-hydrogen) atoms. The third-order valence-corrected chi connectivity index (χ3v) is 1.53. The second kappa shape index (κ2) is 5.80. The molecule has 0 bridgehead atoms. The van der Waals surface area contributed by atoms with E-state index >= 15 is 0 Å². The Bertz CT molecular complexity index is 236. The predicted octanol–water partition coefficient (Wildman–Crippen LogP) is 1.46. The van der Waals surface area contributed by atoms with Crippen molar-refractivity contribution in [3.05, 3.63) is 29.8 Å². The first-order valence-electron chi connectivity index (χ1n) is 3.90. The third-order valence-electron chi connectivity index (χ3n) is 1.53. The summed E-state index contributed by atoms with van der Waals surface area (Å²) < 4.78 is 5.22. The van der Waals surface area contributed by atoms with Gasteiger partial charge in [0.1, 0.15) is 12.0 Å². The summed E-state index contributed by atoms with van der Waals surface area (Å²) in [6, 6.07) is 7.06. The van der Waals surface area contributed by atoms with Crippen molar-refractivity contribution in [2.45, 2.75) is 13.2 Å². The van der Waals surface area contributed by atoms with E-state index in [1.165, 1.54) is 0 Å². The Morgan fingerprint density at radius 2 is 1.92 bits per heavy atom. The summed E-state index contributed by atoms with van der Waals surface area (Å²) in [7, 11) is 0. The van der Waals surface area contributed by atoms with Crippen molar-refractivity contribution in [3.63, 3.8) is 0 Å². The quantitative estimate of drug-likeness (QED) is 0.732. The summed E-state index contributed by atoms with van der Waals surface area (Å²) in [5, 5.41) is 8.98. The standard InChI is InChI=1S/C9H13NO2.ClH/c1-2-12-8-5-3-7(4-6-8)9(10)11;/h3-6,9,11H,2,10H2,1H3;1H/t9-;/m0./s1. The lowest BCUT2D eigenvalue weighted by Crippen LogP contribution is -2.07. The zero-order chi connectivity index (χ0) is 8.97. The minimum atomic E-state index is -0.902. The lowest BCUT2D eigenvalue weighted by molar-refractivity contribution is 0.186. The number of aliphatic hydroxyl groups is 1. The monoisotopic (exact) mass is 203 g/mol. The van der Waals surface area contributed by atoms with E-state index in [0.717, 1.165) is 5.75 Å². The second-order valence-corrected chi connectivity index (χ2v) is 2.45. The Kier molecular flexibility index (Phi) is 5.46. The number of halogens is 1. The highest BCUT2D eigenvalue weighted by Gasteiger charge is 1.99. The minimum absolute atomic E-state index is 0. The molecular weight excluding hydrogens is 190 g/mol. The molecule has 0 unspecified atom stereocenters. The second-order valence-electron chi connectivity index (χ2n) is 2.45. The Morgan fingerprint density at radius 1 is 1.38 bits per heavy atom. The Labute approximate surface area is 83.9 Å². The molecule has 0 saturated carbocycles. The molecule has 1 aromatic carbocycles. The van der Waals surface area contributed by atoms with Gasteiger partial charge < -0.3 is 15.6 Å². The molecule has 0 aliphatic rings. The van der Waals surface area contributed by atoms with Crippen molar-refractivity contribution < 1.29 is 9.84 Å². The number of hydrogen-bond acceptors (Lipinski definition) is 3. The van der Waals surface area contributed by atoms with Gasteiger partial charge in [0.2, 0.25) is 0 Å². The molecule has 1 atom stereocenters. The van der Waals surface area contributed by atoms with Crippen LogP contribution in [0.15, 0.2) is 24.3 Å². The molecule has 0 fully saturated rings. The van der Waals surface area contributed by atoms with E-state index < -0.39 is 6.23 Å². The van der Waals surface area contributed by atoms with Gasteiger partial charge in [-0.05, 0) is 24.6 Å². The van der Waals surface area contributed by atoms with Crippen LogP contribution in [0.4, 0.5) is 0 Å². The molecule has 0 aliphatic carbocycles. The Hall–Kier alpha value is -0.770. The van der Waals surface area contributed by atoms with Crippen molar-refractivity contribution in [2.24, 2.45) is 5.73 Å². The maximum absolute atomic E-state index is 8.98. The van der Waals surface area contributed by atoms with E-state index in [-0.39, 0.29) is 12.4 Å². The van der Waals surface area contributed by atoms with Crippen molar-refractivity contribution in [1.29, 1.82) is 0 Å². The number of rotatable bonds is 3. The molecule has 0 saturated heterocycles. The fraction of sp³-hybridized carbons (Fsp3) is 0.333. The summed E-state index contributed by atoms with van der Waals surface area (Å²) >= 11 is 0. The molecule has 1 aromatic rings. The van der Waals surface area contributed by atoms with Crippen LogP contribution < -0.4 is 10.5 Å². The normalized spacial score (nSPS) is 11.6. The van der Waals surface area contributed by atoms with Crippen LogP contribution >= 0.6 is 12.4 Å². The summed E-state index contributed by atoms with van der Waals surface area (Å²) in [6.45, 7) is 2.57. The molecule has 0 aliphatic heterocycles. The largest absolute Gasteiger partial charge is 0.494 e. The summed E-state index contributed by atoms with van der Waals surface area (Å²) in [6.07, 6.45) is -0.902. The Balaban J connectivity index is 0.00000144. The lowest BCUT2D eigenvalue weighted by atomic mass is 10.2. The van der Waals surface area contributed by atoms with Crippen molar-refractivity contribution in [2.75, 3.05) is 6.61 Å². The van der Waals surface area contributed by atoms with Crippen LogP contribution in [-0.2, 0) is 0 Å². The van der Waals surface area contributed by atoms with Gasteiger partial charge in [0.25, 0.3) is 0 Å². The van der Waals surface area contributed by atoms with Gasteiger partial charge in [-0.25, -0.2) is 0 Å². The first-order chi connectivity index (χ1) is 5.74. The van der Waals surface area contributed by atoms with Gasteiger partial charge in [0, 0.05) is 0 Å². The maximum Gasteiger partial charge on any atom is 0.128 e. The van der Waals surface area contributed by atoms with E-state index in [1.54, 1.807) is 24.3 Å². The molecule has 74 valence electrons. The molecule has 0 radical (unpaired) electrons. The average molecular weight is 204 g/mol. The summed E-state index contributed by atoms with van der Waals surface area (Å²) in [4.78, 5) is 0. The van der Waals surface area contributed by atoms with E-state index in [0.29, 0.717) is 12.2 Å². The molecule has 0 spiro atoms. The molecule has 3 N–H and O–H groups in total. The van der Waals surface area contributed by atoms with Gasteiger partial charge in [0.05, 0.1) is 6.61 Å². The first-order valence-corrected chi connectivity index (χ1v) is 3.90. The zero-order valence-electron chi connectivity index (χ0n) is 7.43. The SMILES string of the molecule is CCOc1ccc([C@@H](N)O)cc1.Cl.